The number of carbonyl (C=O) groups excluding carboxylic acids is 1. The minimum Gasteiger partial charge on any atom is -0.465 e. The van der Waals surface area contributed by atoms with Crippen molar-refractivity contribution >= 4 is 22.8 Å². The maximum absolute atomic E-state index is 13.7. The number of anilines is 1. The van der Waals surface area contributed by atoms with Crippen molar-refractivity contribution in [1.29, 1.82) is 0 Å². The van der Waals surface area contributed by atoms with Crippen molar-refractivity contribution < 1.29 is 9.53 Å². The third-order valence-electron chi connectivity index (χ3n) is 7.89. The number of rotatable bonds is 6. The van der Waals surface area contributed by atoms with Gasteiger partial charge in [-0.15, -0.1) is 0 Å². The number of carbonyl (C=O) groups is 1. The second kappa shape index (κ2) is 9.84. The van der Waals surface area contributed by atoms with Crippen molar-refractivity contribution in [3.05, 3.63) is 34.6 Å². The van der Waals surface area contributed by atoms with Crippen molar-refractivity contribution in [2.24, 2.45) is 0 Å². The molecule has 2 bridgehead atoms. The smallest absolute Gasteiger partial charge is 0.325 e. The number of aromatic nitrogens is 2. The third-order valence-corrected chi connectivity index (χ3v) is 7.89. The van der Waals surface area contributed by atoms with E-state index in [4.69, 9.17) is 4.74 Å². The molecule has 0 amide bonds. The summed E-state index contributed by atoms with van der Waals surface area (Å²) in [6, 6.07) is 9.65. The number of para-hydroxylation sites is 2. The van der Waals surface area contributed by atoms with Gasteiger partial charge >= 0.3 is 5.97 Å². The molecule has 1 N–H and O–H groups in total. The number of nitrogens with zero attached hydrogens (tertiary/aromatic N) is 3. The summed E-state index contributed by atoms with van der Waals surface area (Å²) in [5, 5.41) is 2.95. The zero-order valence-corrected chi connectivity index (χ0v) is 19.7. The summed E-state index contributed by atoms with van der Waals surface area (Å²) < 4.78 is 7.00. The number of nitrogens with one attached hydrogen (secondary N) is 1. The van der Waals surface area contributed by atoms with E-state index in [-0.39, 0.29) is 29.9 Å². The van der Waals surface area contributed by atoms with E-state index in [1.807, 2.05) is 28.8 Å². The molecule has 1 aromatic carbocycles. The van der Waals surface area contributed by atoms with Crippen LogP contribution in [0.15, 0.2) is 29.1 Å². The van der Waals surface area contributed by atoms with Gasteiger partial charge in [-0.3, -0.25) is 19.1 Å². The SMILES string of the molecule is CCOC(=O)CNc1nc2ccccc2n([C@@H]2C[C@@H]3CCC2N3C2CCCCCCC2)c1=O. The number of fused-ring (bicyclic) bond motifs is 3. The number of benzene rings is 1. The molecule has 0 radical (unpaired) electrons. The maximum Gasteiger partial charge on any atom is 0.325 e. The Morgan fingerprint density at radius 2 is 1.79 bits per heavy atom. The highest BCUT2D eigenvalue weighted by atomic mass is 16.5. The first-order valence-electron chi connectivity index (χ1n) is 12.9. The lowest BCUT2D eigenvalue weighted by atomic mass is 9.94. The van der Waals surface area contributed by atoms with Gasteiger partial charge in [0.05, 0.1) is 23.7 Å². The Kier molecular flexibility index (Phi) is 6.67. The van der Waals surface area contributed by atoms with Crippen molar-refractivity contribution in [3.63, 3.8) is 0 Å². The number of esters is 1. The molecule has 3 fully saturated rings. The molecule has 5 rings (SSSR count). The zero-order chi connectivity index (χ0) is 22.8. The van der Waals surface area contributed by atoms with Crippen molar-refractivity contribution in [2.45, 2.75) is 95.3 Å². The van der Waals surface area contributed by atoms with Gasteiger partial charge in [-0.2, -0.15) is 0 Å². The fourth-order valence-electron chi connectivity index (χ4n) is 6.54. The van der Waals surface area contributed by atoms with Crippen LogP contribution in [0.5, 0.6) is 0 Å². The average Bonchev–Trinajstić information content (AvgIpc) is 3.36. The molecule has 1 aliphatic carbocycles. The highest BCUT2D eigenvalue weighted by Crippen LogP contribution is 2.47. The molecule has 3 aliphatic rings. The molecule has 2 aromatic rings. The maximum atomic E-state index is 13.7. The van der Waals surface area contributed by atoms with Gasteiger partial charge in [-0.05, 0) is 51.2 Å². The van der Waals surface area contributed by atoms with Gasteiger partial charge in [0, 0.05) is 18.1 Å². The summed E-state index contributed by atoms with van der Waals surface area (Å²) in [5.41, 5.74) is 1.54. The third kappa shape index (κ3) is 4.39. The van der Waals surface area contributed by atoms with Gasteiger partial charge in [0.15, 0.2) is 5.82 Å². The first kappa shape index (κ1) is 22.4. The van der Waals surface area contributed by atoms with Gasteiger partial charge < -0.3 is 10.1 Å². The van der Waals surface area contributed by atoms with E-state index in [0.29, 0.717) is 24.7 Å². The van der Waals surface area contributed by atoms with E-state index in [1.165, 1.54) is 51.4 Å². The largest absolute Gasteiger partial charge is 0.465 e. The van der Waals surface area contributed by atoms with Crippen molar-refractivity contribution in [1.82, 2.24) is 14.5 Å². The predicted octanol–water partition coefficient (Wildman–Crippen LogP) is 4.26. The van der Waals surface area contributed by atoms with Crippen LogP contribution in [0, 0.1) is 0 Å². The summed E-state index contributed by atoms with van der Waals surface area (Å²) >= 11 is 0. The Morgan fingerprint density at radius 3 is 2.58 bits per heavy atom. The zero-order valence-electron chi connectivity index (χ0n) is 19.7. The summed E-state index contributed by atoms with van der Waals surface area (Å²) in [6.45, 7) is 2.04. The Labute approximate surface area is 195 Å². The molecule has 1 aromatic heterocycles. The van der Waals surface area contributed by atoms with Crippen LogP contribution in [0.25, 0.3) is 11.0 Å². The molecule has 7 heteroatoms. The standard InChI is InChI=1S/C26H36N4O3/c1-2-33-24(31)17-27-25-26(32)30(21-13-9-8-12-20(21)28-25)23-16-19-14-15-22(23)29(19)18-10-6-4-3-5-7-11-18/h8-9,12-13,18-19,22-23H,2-7,10-11,14-17H2,1H3,(H,27,28)/t19-,22?,23+/m0/s1. The summed E-state index contributed by atoms with van der Waals surface area (Å²) in [4.78, 5) is 32.9. The van der Waals surface area contributed by atoms with E-state index < -0.39 is 0 Å². The second-order valence-corrected chi connectivity index (χ2v) is 9.83. The molecule has 33 heavy (non-hydrogen) atoms. The Balaban J connectivity index is 1.47. The van der Waals surface area contributed by atoms with Gasteiger partial charge in [0.1, 0.15) is 6.54 Å². The van der Waals surface area contributed by atoms with E-state index in [2.05, 4.69) is 15.2 Å². The molecular weight excluding hydrogens is 416 g/mol. The first-order chi connectivity index (χ1) is 16.2. The molecule has 1 unspecified atom stereocenters. The normalized spacial score (nSPS) is 26.3. The number of hydrogen-bond donors (Lipinski definition) is 1. The lowest BCUT2D eigenvalue weighted by Crippen LogP contribution is -2.42. The van der Waals surface area contributed by atoms with Crippen molar-refractivity contribution in [2.75, 3.05) is 18.5 Å². The van der Waals surface area contributed by atoms with E-state index in [1.54, 1.807) is 6.92 Å². The highest BCUT2D eigenvalue weighted by Gasteiger charge is 2.50. The van der Waals surface area contributed by atoms with E-state index in [0.717, 1.165) is 23.9 Å². The van der Waals surface area contributed by atoms with Gasteiger partial charge in [0.25, 0.3) is 5.56 Å². The van der Waals surface area contributed by atoms with Crippen LogP contribution < -0.4 is 10.9 Å². The van der Waals surface area contributed by atoms with Gasteiger partial charge in [0.2, 0.25) is 0 Å². The van der Waals surface area contributed by atoms with E-state index in [9.17, 15) is 9.59 Å². The Hall–Kier alpha value is -2.41. The minimum absolute atomic E-state index is 0.0562. The topological polar surface area (TPSA) is 76.5 Å². The van der Waals surface area contributed by atoms with Crippen LogP contribution in [0.1, 0.15) is 77.2 Å². The minimum atomic E-state index is -0.381. The lowest BCUT2D eigenvalue weighted by Gasteiger charge is -2.34. The fraction of sp³-hybridized carbons (Fsp3) is 0.654. The summed E-state index contributed by atoms with van der Waals surface area (Å²) in [7, 11) is 0. The van der Waals surface area contributed by atoms with Crippen LogP contribution in [-0.2, 0) is 9.53 Å². The summed E-state index contributed by atoms with van der Waals surface area (Å²) in [5.74, 6) is -0.143. The van der Waals surface area contributed by atoms with Crippen LogP contribution in [0.4, 0.5) is 5.82 Å². The molecule has 3 heterocycles. The average molecular weight is 453 g/mol. The molecule has 0 spiro atoms. The van der Waals surface area contributed by atoms with Crippen LogP contribution in [0.3, 0.4) is 0 Å². The van der Waals surface area contributed by atoms with Crippen LogP contribution in [0.2, 0.25) is 0 Å². The molecular formula is C26H36N4O3. The predicted molar refractivity (Wildman–Crippen MR) is 130 cm³/mol. The van der Waals surface area contributed by atoms with E-state index >= 15 is 0 Å². The Bertz CT molecular complexity index is 1040. The van der Waals surface area contributed by atoms with Crippen molar-refractivity contribution in [3.8, 4) is 0 Å². The molecule has 2 aliphatic heterocycles. The van der Waals surface area contributed by atoms with Gasteiger partial charge in [-0.25, -0.2) is 4.98 Å². The number of ether oxygens (including phenoxy) is 1. The van der Waals surface area contributed by atoms with Crippen LogP contribution >= 0.6 is 0 Å². The molecule has 1 saturated carbocycles. The first-order valence-corrected chi connectivity index (χ1v) is 12.9. The quantitative estimate of drug-likeness (QED) is 0.660. The lowest BCUT2D eigenvalue weighted by molar-refractivity contribution is -0.140. The summed E-state index contributed by atoms with van der Waals surface area (Å²) in [6.07, 6.45) is 12.7. The van der Waals surface area contributed by atoms with Gasteiger partial charge in [-0.1, -0.05) is 44.2 Å². The molecule has 3 atom stereocenters. The van der Waals surface area contributed by atoms with Crippen LogP contribution in [-0.4, -0.2) is 51.7 Å². The Morgan fingerprint density at radius 1 is 1.03 bits per heavy atom. The second-order valence-electron chi connectivity index (χ2n) is 9.83. The molecule has 178 valence electrons. The molecule has 2 saturated heterocycles. The molecule has 7 nitrogen and oxygen atoms in total. The fourth-order valence-corrected chi connectivity index (χ4v) is 6.54. The highest BCUT2D eigenvalue weighted by molar-refractivity contribution is 5.78. The monoisotopic (exact) mass is 452 g/mol. The number of hydrogen-bond acceptors (Lipinski definition) is 6.